The van der Waals surface area contributed by atoms with Crippen molar-refractivity contribution in [1.29, 1.82) is 0 Å². The molecule has 1 aliphatic rings. The van der Waals surface area contributed by atoms with Gasteiger partial charge in [-0.05, 0) is 30.7 Å². The molecule has 6 nitrogen and oxygen atoms in total. The van der Waals surface area contributed by atoms with Gasteiger partial charge in [0.1, 0.15) is 23.3 Å². The van der Waals surface area contributed by atoms with Crippen LogP contribution >= 0.6 is 11.6 Å². The number of oxazole rings is 1. The van der Waals surface area contributed by atoms with Gasteiger partial charge in [0.2, 0.25) is 5.89 Å². The largest absolute Gasteiger partial charge is 0.444 e. The van der Waals surface area contributed by atoms with Crippen LogP contribution in [0.2, 0.25) is 5.02 Å². The van der Waals surface area contributed by atoms with Crippen molar-refractivity contribution in [2.24, 2.45) is 5.73 Å². The van der Waals surface area contributed by atoms with Gasteiger partial charge in [-0.1, -0.05) is 29.7 Å². The van der Waals surface area contributed by atoms with Crippen LogP contribution in [-0.2, 0) is 5.41 Å². The van der Waals surface area contributed by atoms with Gasteiger partial charge in [0, 0.05) is 31.2 Å². The lowest BCUT2D eigenvalue weighted by Gasteiger charge is -2.31. The number of rotatable bonds is 5. The minimum absolute atomic E-state index is 0.131. The van der Waals surface area contributed by atoms with Gasteiger partial charge in [0.25, 0.3) is 5.91 Å². The van der Waals surface area contributed by atoms with Gasteiger partial charge in [-0.25, -0.2) is 13.8 Å². The highest BCUT2D eigenvalue weighted by atomic mass is 35.5. The number of amides is 1. The zero-order chi connectivity index (χ0) is 23.8. The maximum absolute atomic E-state index is 15.5. The van der Waals surface area contributed by atoms with Crippen molar-refractivity contribution in [3.05, 3.63) is 70.1 Å². The van der Waals surface area contributed by atoms with E-state index in [0.717, 1.165) is 11.6 Å². The van der Waals surface area contributed by atoms with E-state index >= 15 is 4.39 Å². The van der Waals surface area contributed by atoms with Crippen molar-refractivity contribution >= 4 is 23.2 Å². The molecule has 1 saturated heterocycles. The summed E-state index contributed by atoms with van der Waals surface area (Å²) in [5.41, 5.74) is 4.54. The van der Waals surface area contributed by atoms with E-state index < -0.39 is 28.5 Å². The van der Waals surface area contributed by atoms with E-state index in [0.29, 0.717) is 36.9 Å². The molecule has 1 unspecified atom stereocenters. The predicted octanol–water partition coefficient (Wildman–Crippen LogP) is 3.72. The summed E-state index contributed by atoms with van der Waals surface area (Å²) in [6.45, 7) is 4.03. The minimum atomic E-state index is -1.22. The molecule has 1 fully saturated rings. The fraction of sp³-hybridized carbons (Fsp3) is 0.250. The first kappa shape index (κ1) is 22.8. The van der Waals surface area contributed by atoms with Crippen LogP contribution < -0.4 is 16.0 Å². The van der Waals surface area contributed by atoms with E-state index in [1.807, 2.05) is 0 Å². The van der Waals surface area contributed by atoms with Crippen LogP contribution in [-0.4, -0.2) is 37.1 Å². The minimum Gasteiger partial charge on any atom is -0.444 e. The molecule has 0 saturated carbocycles. The first-order chi connectivity index (χ1) is 15.8. The number of nitrogens with one attached hydrogen (secondary N) is 1. The van der Waals surface area contributed by atoms with Crippen molar-refractivity contribution in [1.82, 2.24) is 10.3 Å². The number of anilines is 1. The quantitative estimate of drug-likeness (QED) is 0.555. The number of halogens is 3. The summed E-state index contributed by atoms with van der Waals surface area (Å²) in [4.78, 5) is 18.0. The summed E-state index contributed by atoms with van der Waals surface area (Å²) < 4.78 is 35.8. The Hall–Kier alpha value is -3.41. The third-order valence-electron chi connectivity index (χ3n) is 5.84. The lowest BCUT2D eigenvalue weighted by atomic mass is 9.81. The van der Waals surface area contributed by atoms with Crippen LogP contribution in [0.5, 0.6) is 0 Å². The van der Waals surface area contributed by atoms with E-state index in [9.17, 15) is 9.18 Å². The molecule has 170 valence electrons. The Morgan fingerprint density at radius 1 is 1.30 bits per heavy atom. The van der Waals surface area contributed by atoms with Gasteiger partial charge in [0.15, 0.2) is 5.82 Å². The van der Waals surface area contributed by atoms with Crippen LogP contribution in [0.4, 0.5) is 14.5 Å². The van der Waals surface area contributed by atoms with Crippen LogP contribution in [0.1, 0.15) is 28.5 Å². The number of carbonyl (C=O) groups excluding carboxylic acids is 1. The van der Waals surface area contributed by atoms with Crippen LogP contribution in [0.3, 0.4) is 0 Å². The Balaban J connectivity index is 1.87. The Kier molecular flexibility index (Phi) is 6.11. The lowest BCUT2D eigenvalue weighted by molar-refractivity contribution is 0.0992. The number of nitrogens with zero attached hydrogens (tertiary/aromatic N) is 2. The average molecular weight is 471 g/mol. The summed E-state index contributed by atoms with van der Waals surface area (Å²) in [6, 6.07) is 8.04. The van der Waals surface area contributed by atoms with Crippen LogP contribution in [0, 0.1) is 24.0 Å². The third kappa shape index (κ3) is 4.06. The second-order valence-corrected chi connectivity index (χ2v) is 8.29. The molecule has 0 spiro atoms. The maximum atomic E-state index is 15.5. The van der Waals surface area contributed by atoms with E-state index in [4.69, 9.17) is 28.2 Å². The number of benzene rings is 2. The molecule has 9 heteroatoms. The Morgan fingerprint density at radius 3 is 2.58 bits per heavy atom. The highest BCUT2D eigenvalue weighted by Gasteiger charge is 2.33. The van der Waals surface area contributed by atoms with Crippen molar-refractivity contribution in [2.75, 3.05) is 31.1 Å². The standard InChI is InChI=1S/C24H21ClF2N4O2/c1-3-24(2,14-4-6-15(25)7-5-14)18-13-33-23(30-18)20-17(31-10-8-29-9-11-31)12-16(26)19(21(20)27)22(28)32/h1,4-7,12-13,29H,8-11H2,2H3,(H2,28,32). The van der Waals surface area contributed by atoms with Gasteiger partial charge < -0.3 is 20.4 Å². The molecule has 1 aromatic heterocycles. The first-order valence-electron chi connectivity index (χ1n) is 10.2. The third-order valence-corrected chi connectivity index (χ3v) is 6.09. The monoisotopic (exact) mass is 470 g/mol. The Morgan fingerprint density at radius 2 is 1.97 bits per heavy atom. The van der Waals surface area contributed by atoms with Gasteiger partial charge in [-0.15, -0.1) is 6.42 Å². The number of hydrogen-bond acceptors (Lipinski definition) is 5. The van der Waals surface area contributed by atoms with Crippen molar-refractivity contribution in [2.45, 2.75) is 12.3 Å². The molecule has 4 rings (SSSR count). The molecule has 0 radical (unpaired) electrons. The molecule has 1 atom stereocenters. The molecule has 2 heterocycles. The topological polar surface area (TPSA) is 84.4 Å². The fourth-order valence-corrected chi connectivity index (χ4v) is 4.02. The summed E-state index contributed by atoms with van der Waals surface area (Å²) in [5.74, 6) is -0.808. The Labute approximate surface area is 194 Å². The number of piperazine rings is 1. The smallest absolute Gasteiger partial charge is 0.254 e. The molecule has 33 heavy (non-hydrogen) atoms. The van der Waals surface area contributed by atoms with Crippen LogP contribution in [0.25, 0.3) is 11.5 Å². The number of primary amides is 1. The van der Waals surface area contributed by atoms with Crippen molar-refractivity contribution in [3.63, 3.8) is 0 Å². The number of terminal acetylenes is 1. The normalized spacial score (nSPS) is 15.7. The molecule has 2 aromatic carbocycles. The fourth-order valence-electron chi connectivity index (χ4n) is 3.90. The molecule has 1 aliphatic heterocycles. The van der Waals surface area contributed by atoms with Gasteiger partial charge >= 0.3 is 0 Å². The maximum Gasteiger partial charge on any atom is 0.254 e. The van der Waals surface area contributed by atoms with E-state index in [2.05, 4.69) is 16.2 Å². The second kappa shape index (κ2) is 8.85. The SMILES string of the molecule is C#CC(C)(c1ccc(Cl)cc1)c1coc(-c2c(N3CCNCC3)cc(F)c(C(N)=O)c2F)n1. The van der Waals surface area contributed by atoms with E-state index in [-0.39, 0.29) is 17.1 Å². The van der Waals surface area contributed by atoms with Gasteiger partial charge in [0.05, 0.1) is 16.7 Å². The highest BCUT2D eigenvalue weighted by Crippen LogP contribution is 2.39. The predicted molar refractivity (Wildman–Crippen MR) is 122 cm³/mol. The average Bonchev–Trinajstić information content (AvgIpc) is 3.29. The molecule has 3 aromatic rings. The number of nitrogens with two attached hydrogens (primary N) is 1. The number of carbonyl (C=O) groups is 1. The van der Waals surface area contributed by atoms with Crippen molar-refractivity contribution in [3.8, 4) is 23.8 Å². The molecule has 3 N–H and O–H groups in total. The number of hydrogen-bond donors (Lipinski definition) is 2. The first-order valence-corrected chi connectivity index (χ1v) is 10.6. The molecule has 0 aliphatic carbocycles. The molecular formula is C24H21ClF2N4O2. The van der Waals surface area contributed by atoms with Crippen LogP contribution in [0.15, 0.2) is 41.0 Å². The molecule has 0 bridgehead atoms. The highest BCUT2D eigenvalue weighted by molar-refractivity contribution is 6.30. The molecule has 1 amide bonds. The summed E-state index contributed by atoms with van der Waals surface area (Å²) in [6.07, 6.45) is 7.18. The van der Waals surface area contributed by atoms with Crippen molar-refractivity contribution < 1.29 is 18.0 Å². The summed E-state index contributed by atoms with van der Waals surface area (Å²) in [5, 5.41) is 3.73. The van der Waals surface area contributed by atoms with Gasteiger partial charge in [-0.2, -0.15) is 0 Å². The second-order valence-electron chi connectivity index (χ2n) is 7.86. The summed E-state index contributed by atoms with van der Waals surface area (Å²) >= 11 is 5.99. The summed E-state index contributed by atoms with van der Waals surface area (Å²) in [7, 11) is 0. The Bertz CT molecular complexity index is 1250. The lowest BCUT2D eigenvalue weighted by Crippen LogP contribution is -2.44. The van der Waals surface area contributed by atoms with Gasteiger partial charge in [-0.3, -0.25) is 4.79 Å². The molecular weight excluding hydrogens is 450 g/mol. The number of aromatic nitrogens is 1. The zero-order valence-corrected chi connectivity index (χ0v) is 18.5. The van der Waals surface area contributed by atoms with E-state index in [1.54, 1.807) is 36.1 Å². The zero-order valence-electron chi connectivity index (χ0n) is 17.8. The van der Waals surface area contributed by atoms with E-state index in [1.165, 1.54) is 6.26 Å².